The Morgan fingerprint density at radius 3 is 2.70 bits per heavy atom. The van der Waals surface area contributed by atoms with Crippen LogP contribution in [0.15, 0.2) is 18.2 Å². The molecule has 20 heavy (non-hydrogen) atoms. The SMILES string of the molecule is O=C(O)C(C(=O)S)c1ccc2c3c(sc2c1)CCCC3. The van der Waals surface area contributed by atoms with Crippen molar-refractivity contribution in [3.05, 3.63) is 34.2 Å². The molecule has 0 aliphatic heterocycles. The van der Waals surface area contributed by atoms with E-state index >= 15 is 0 Å². The summed E-state index contributed by atoms with van der Waals surface area (Å²) in [4.78, 5) is 24.0. The van der Waals surface area contributed by atoms with Gasteiger partial charge in [0, 0.05) is 9.58 Å². The number of thiophene rings is 1. The summed E-state index contributed by atoms with van der Waals surface area (Å²) in [6.07, 6.45) is 4.65. The zero-order valence-corrected chi connectivity index (χ0v) is 12.5. The molecule has 0 bridgehead atoms. The van der Waals surface area contributed by atoms with Gasteiger partial charge in [-0.15, -0.1) is 24.0 Å². The van der Waals surface area contributed by atoms with Crippen molar-refractivity contribution in [3.63, 3.8) is 0 Å². The first-order valence-electron chi connectivity index (χ1n) is 6.57. The summed E-state index contributed by atoms with van der Waals surface area (Å²) in [6.45, 7) is 0. The summed E-state index contributed by atoms with van der Waals surface area (Å²) >= 11 is 5.42. The number of carbonyl (C=O) groups excluding carboxylic acids is 1. The lowest BCUT2D eigenvalue weighted by molar-refractivity contribution is -0.140. The molecule has 1 N–H and O–H groups in total. The van der Waals surface area contributed by atoms with E-state index in [9.17, 15) is 9.59 Å². The second-order valence-electron chi connectivity index (χ2n) is 5.08. The van der Waals surface area contributed by atoms with Gasteiger partial charge in [-0.25, -0.2) is 0 Å². The minimum Gasteiger partial charge on any atom is -0.480 e. The highest BCUT2D eigenvalue weighted by molar-refractivity contribution is 7.96. The van der Waals surface area contributed by atoms with E-state index in [4.69, 9.17) is 5.11 Å². The highest BCUT2D eigenvalue weighted by Crippen LogP contribution is 2.37. The highest BCUT2D eigenvalue weighted by Gasteiger charge is 2.26. The van der Waals surface area contributed by atoms with E-state index in [0.29, 0.717) is 5.56 Å². The number of carboxylic acids is 1. The van der Waals surface area contributed by atoms with Crippen molar-refractivity contribution >= 4 is 45.1 Å². The summed E-state index contributed by atoms with van der Waals surface area (Å²) < 4.78 is 1.08. The van der Waals surface area contributed by atoms with Crippen molar-refractivity contribution in [3.8, 4) is 0 Å². The molecule has 0 radical (unpaired) electrons. The van der Waals surface area contributed by atoms with Crippen LogP contribution in [0.1, 0.15) is 34.8 Å². The first-order valence-corrected chi connectivity index (χ1v) is 7.84. The van der Waals surface area contributed by atoms with Crippen LogP contribution in [0.5, 0.6) is 0 Å². The van der Waals surface area contributed by atoms with Gasteiger partial charge >= 0.3 is 5.97 Å². The van der Waals surface area contributed by atoms with E-state index in [1.807, 2.05) is 12.1 Å². The minimum absolute atomic E-state index is 0.517. The topological polar surface area (TPSA) is 54.4 Å². The van der Waals surface area contributed by atoms with Crippen LogP contribution in [-0.2, 0) is 22.4 Å². The van der Waals surface area contributed by atoms with E-state index in [2.05, 4.69) is 12.6 Å². The Balaban J connectivity index is 2.11. The molecule has 1 aliphatic carbocycles. The molecule has 1 atom stereocenters. The third kappa shape index (κ3) is 2.25. The molecule has 3 rings (SSSR count). The number of carbonyl (C=O) groups is 2. The van der Waals surface area contributed by atoms with Crippen molar-refractivity contribution in [1.29, 1.82) is 0 Å². The van der Waals surface area contributed by atoms with Crippen LogP contribution in [0.4, 0.5) is 0 Å². The Bertz CT molecular complexity index is 688. The Labute approximate surface area is 126 Å². The van der Waals surface area contributed by atoms with Crippen LogP contribution in [-0.4, -0.2) is 16.2 Å². The zero-order valence-electron chi connectivity index (χ0n) is 10.8. The maximum absolute atomic E-state index is 11.4. The maximum atomic E-state index is 11.4. The van der Waals surface area contributed by atoms with Gasteiger partial charge < -0.3 is 5.11 Å². The molecule has 104 valence electrons. The van der Waals surface area contributed by atoms with Gasteiger partial charge in [-0.1, -0.05) is 12.1 Å². The lowest BCUT2D eigenvalue weighted by atomic mass is 9.94. The number of hydrogen-bond donors (Lipinski definition) is 2. The van der Waals surface area contributed by atoms with Gasteiger partial charge in [0.2, 0.25) is 5.12 Å². The Kier molecular flexibility index (Phi) is 3.56. The molecule has 1 unspecified atom stereocenters. The first-order chi connectivity index (χ1) is 9.58. The van der Waals surface area contributed by atoms with Crippen LogP contribution in [0.2, 0.25) is 0 Å². The lowest BCUT2D eigenvalue weighted by Gasteiger charge is -2.11. The predicted molar refractivity (Wildman–Crippen MR) is 82.8 cm³/mol. The second kappa shape index (κ2) is 5.22. The van der Waals surface area contributed by atoms with E-state index in [0.717, 1.165) is 17.5 Å². The molecule has 0 spiro atoms. The Morgan fingerprint density at radius 1 is 1.25 bits per heavy atom. The van der Waals surface area contributed by atoms with Crippen molar-refractivity contribution in [1.82, 2.24) is 0 Å². The summed E-state index contributed by atoms with van der Waals surface area (Å²) in [7, 11) is 0. The van der Waals surface area contributed by atoms with Crippen LogP contribution in [0.25, 0.3) is 10.1 Å². The fourth-order valence-electron chi connectivity index (χ4n) is 2.85. The lowest BCUT2D eigenvalue weighted by Crippen LogP contribution is -2.17. The second-order valence-corrected chi connectivity index (χ2v) is 6.65. The molecule has 3 nitrogen and oxygen atoms in total. The maximum Gasteiger partial charge on any atom is 0.319 e. The number of carboxylic acid groups (broad SMARTS) is 1. The normalized spacial score (nSPS) is 15.8. The zero-order chi connectivity index (χ0) is 14.3. The number of rotatable bonds is 3. The van der Waals surface area contributed by atoms with Gasteiger partial charge in [0.15, 0.2) is 5.92 Å². The standard InChI is InChI=1S/C15H14O3S2/c16-14(17)13(15(18)19)8-5-6-10-9-3-1-2-4-11(9)20-12(10)7-8/h5-7,13H,1-4H2,(H,16,17)(H,18,19). The van der Waals surface area contributed by atoms with Crippen LogP contribution < -0.4 is 0 Å². The fraction of sp³-hybridized carbons (Fsp3) is 0.333. The Hall–Kier alpha value is -1.33. The molecule has 0 fully saturated rings. The number of benzene rings is 1. The molecule has 1 aromatic heterocycles. The van der Waals surface area contributed by atoms with Gasteiger partial charge in [0.1, 0.15) is 0 Å². The predicted octanol–water partition coefficient (Wildman–Crippen LogP) is 3.40. The number of aryl methyl sites for hydroxylation is 2. The smallest absolute Gasteiger partial charge is 0.319 e. The highest BCUT2D eigenvalue weighted by atomic mass is 32.1. The fourth-order valence-corrected chi connectivity index (χ4v) is 4.45. The third-order valence-electron chi connectivity index (χ3n) is 3.81. The van der Waals surface area contributed by atoms with Crippen molar-refractivity contribution in [2.24, 2.45) is 0 Å². The van der Waals surface area contributed by atoms with Crippen molar-refractivity contribution in [2.45, 2.75) is 31.6 Å². The molecule has 1 aromatic carbocycles. The average Bonchev–Trinajstić information content (AvgIpc) is 2.75. The average molecular weight is 306 g/mol. The summed E-state index contributed by atoms with van der Waals surface area (Å²) in [5, 5.41) is 9.75. The first kappa shape index (κ1) is 13.6. The quantitative estimate of drug-likeness (QED) is 0.675. The van der Waals surface area contributed by atoms with Crippen LogP contribution in [0, 0.1) is 0 Å². The molecule has 0 saturated heterocycles. The van der Waals surface area contributed by atoms with Gasteiger partial charge in [-0.05, 0) is 48.3 Å². The third-order valence-corrected chi connectivity index (χ3v) is 5.32. The van der Waals surface area contributed by atoms with Crippen LogP contribution in [0.3, 0.4) is 0 Å². The monoisotopic (exact) mass is 306 g/mol. The van der Waals surface area contributed by atoms with E-state index < -0.39 is 17.0 Å². The number of thiol groups is 1. The molecule has 5 heteroatoms. The Morgan fingerprint density at radius 2 is 2.00 bits per heavy atom. The summed E-state index contributed by atoms with van der Waals surface area (Å²) in [5.74, 6) is -2.33. The van der Waals surface area contributed by atoms with E-state index in [-0.39, 0.29) is 0 Å². The van der Waals surface area contributed by atoms with Crippen molar-refractivity contribution < 1.29 is 14.7 Å². The van der Waals surface area contributed by atoms with Crippen molar-refractivity contribution in [2.75, 3.05) is 0 Å². The van der Waals surface area contributed by atoms with E-state index in [1.165, 1.54) is 28.7 Å². The van der Waals surface area contributed by atoms with E-state index in [1.54, 1.807) is 17.4 Å². The summed E-state index contributed by atoms with van der Waals surface area (Å²) in [6, 6.07) is 5.54. The number of fused-ring (bicyclic) bond motifs is 3. The number of aliphatic carboxylic acids is 1. The largest absolute Gasteiger partial charge is 0.480 e. The molecule has 0 saturated carbocycles. The molecule has 0 amide bonds. The van der Waals surface area contributed by atoms with Gasteiger partial charge in [-0.3, -0.25) is 9.59 Å². The molecular formula is C15H14O3S2. The van der Waals surface area contributed by atoms with Crippen LogP contribution >= 0.6 is 24.0 Å². The van der Waals surface area contributed by atoms with Gasteiger partial charge in [-0.2, -0.15) is 0 Å². The molecule has 1 aliphatic rings. The molecule has 2 aromatic rings. The van der Waals surface area contributed by atoms with Gasteiger partial charge in [0.25, 0.3) is 0 Å². The molecular weight excluding hydrogens is 292 g/mol. The minimum atomic E-state index is -1.18. The molecule has 1 heterocycles. The van der Waals surface area contributed by atoms with Gasteiger partial charge in [0.05, 0.1) is 0 Å². The number of hydrogen-bond acceptors (Lipinski definition) is 3. The summed E-state index contributed by atoms with van der Waals surface area (Å²) in [5.41, 5.74) is 1.93.